The van der Waals surface area contributed by atoms with Gasteiger partial charge in [-0.3, -0.25) is 4.99 Å². The lowest BCUT2D eigenvalue weighted by Crippen LogP contribution is -2.38. The van der Waals surface area contributed by atoms with Crippen molar-refractivity contribution in [1.82, 2.24) is 24.8 Å². The molecule has 1 aliphatic carbocycles. The molecule has 0 atom stereocenters. The molecular formula is C22H28N6S. The van der Waals surface area contributed by atoms with Crippen LogP contribution in [0.1, 0.15) is 39.8 Å². The molecule has 0 bridgehead atoms. The Morgan fingerprint density at radius 1 is 1.24 bits per heavy atom. The molecule has 6 nitrogen and oxygen atoms in total. The quantitative estimate of drug-likeness (QED) is 0.501. The largest absolute Gasteiger partial charge is 0.349 e. The van der Waals surface area contributed by atoms with Gasteiger partial charge in [-0.25, -0.2) is 9.97 Å². The maximum atomic E-state index is 4.86. The van der Waals surface area contributed by atoms with Crippen molar-refractivity contribution in [3.63, 3.8) is 0 Å². The zero-order valence-electron chi connectivity index (χ0n) is 17.1. The number of nitrogens with one attached hydrogen (secondary N) is 1. The van der Waals surface area contributed by atoms with E-state index in [0.717, 1.165) is 31.3 Å². The van der Waals surface area contributed by atoms with Crippen molar-refractivity contribution in [3.8, 4) is 0 Å². The number of thiazole rings is 1. The molecular weight excluding hydrogens is 380 g/mol. The van der Waals surface area contributed by atoms with Crippen molar-refractivity contribution in [1.29, 1.82) is 0 Å². The first-order valence-corrected chi connectivity index (χ1v) is 11.0. The summed E-state index contributed by atoms with van der Waals surface area (Å²) >= 11 is 1.86. The number of hydrogen-bond acceptors (Lipinski definition) is 4. The minimum Gasteiger partial charge on any atom is -0.349 e. The van der Waals surface area contributed by atoms with Gasteiger partial charge in [0.2, 0.25) is 0 Å². The molecule has 3 aromatic rings. The summed E-state index contributed by atoms with van der Waals surface area (Å²) in [6, 6.07) is 10.4. The third kappa shape index (κ3) is 4.85. The molecule has 0 saturated carbocycles. The summed E-state index contributed by atoms with van der Waals surface area (Å²) in [5.74, 6) is 1.85. The summed E-state index contributed by atoms with van der Waals surface area (Å²) in [7, 11) is 3.88. The highest BCUT2D eigenvalue weighted by Crippen LogP contribution is 2.27. The van der Waals surface area contributed by atoms with Crippen molar-refractivity contribution >= 4 is 17.3 Å². The maximum Gasteiger partial charge on any atom is 0.194 e. The van der Waals surface area contributed by atoms with E-state index >= 15 is 0 Å². The number of rotatable bonds is 6. The van der Waals surface area contributed by atoms with Crippen LogP contribution in [0.15, 0.2) is 47.7 Å². The fraction of sp³-hybridized carbons (Fsp3) is 0.409. The highest BCUT2D eigenvalue weighted by molar-refractivity contribution is 7.11. The van der Waals surface area contributed by atoms with E-state index in [4.69, 9.17) is 4.98 Å². The third-order valence-corrected chi connectivity index (χ3v) is 6.38. The Hall–Kier alpha value is -2.67. The Morgan fingerprint density at radius 2 is 2.07 bits per heavy atom. The molecule has 4 rings (SSSR count). The summed E-state index contributed by atoms with van der Waals surface area (Å²) in [6.45, 7) is 2.22. The molecule has 7 heteroatoms. The molecule has 29 heavy (non-hydrogen) atoms. The van der Waals surface area contributed by atoms with Crippen molar-refractivity contribution in [2.75, 3.05) is 14.1 Å². The Labute approximate surface area is 176 Å². The second-order valence-electron chi connectivity index (χ2n) is 7.40. The van der Waals surface area contributed by atoms with Crippen LogP contribution in [0.4, 0.5) is 0 Å². The lowest BCUT2D eigenvalue weighted by Gasteiger charge is -2.21. The SMILES string of the molecule is CN=C(NCc1nccn1Cc1ccccc1)N(C)Cc1nc2c(s1)CCCC2. The van der Waals surface area contributed by atoms with Gasteiger partial charge in [0.25, 0.3) is 0 Å². The number of benzene rings is 1. The summed E-state index contributed by atoms with van der Waals surface area (Å²) in [5.41, 5.74) is 2.58. The van der Waals surface area contributed by atoms with E-state index < -0.39 is 0 Å². The smallest absolute Gasteiger partial charge is 0.194 e. The van der Waals surface area contributed by atoms with E-state index in [2.05, 4.69) is 56.1 Å². The summed E-state index contributed by atoms with van der Waals surface area (Å²) < 4.78 is 2.17. The molecule has 152 valence electrons. The second-order valence-corrected chi connectivity index (χ2v) is 8.57. The monoisotopic (exact) mass is 408 g/mol. The Bertz CT molecular complexity index is 935. The van der Waals surface area contributed by atoms with Gasteiger partial charge < -0.3 is 14.8 Å². The number of guanidine groups is 1. The number of hydrogen-bond donors (Lipinski definition) is 1. The predicted molar refractivity (Wildman–Crippen MR) is 118 cm³/mol. The fourth-order valence-electron chi connectivity index (χ4n) is 3.73. The minimum atomic E-state index is 0.630. The Balaban J connectivity index is 1.36. The summed E-state index contributed by atoms with van der Waals surface area (Å²) in [4.78, 5) is 17.4. The number of aryl methyl sites for hydroxylation is 2. The molecule has 0 amide bonds. The maximum absolute atomic E-state index is 4.86. The topological polar surface area (TPSA) is 58.3 Å². The van der Waals surface area contributed by atoms with Crippen LogP contribution in [0, 0.1) is 0 Å². The van der Waals surface area contributed by atoms with Gasteiger partial charge in [0.1, 0.15) is 10.8 Å². The number of fused-ring (bicyclic) bond motifs is 1. The normalized spacial score (nSPS) is 13.9. The highest BCUT2D eigenvalue weighted by Gasteiger charge is 2.17. The Kier molecular flexibility index (Phi) is 6.24. The van der Waals surface area contributed by atoms with E-state index in [0.29, 0.717) is 6.54 Å². The number of aromatic nitrogens is 3. The van der Waals surface area contributed by atoms with Crippen LogP contribution in [0.2, 0.25) is 0 Å². The molecule has 0 spiro atoms. The van der Waals surface area contributed by atoms with Gasteiger partial charge in [0.15, 0.2) is 5.96 Å². The average molecular weight is 409 g/mol. The predicted octanol–water partition coefficient (Wildman–Crippen LogP) is 3.47. The van der Waals surface area contributed by atoms with Crippen molar-refractivity contribution in [2.45, 2.75) is 45.3 Å². The molecule has 1 aliphatic rings. The lowest BCUT2D eigenvalue weighted by molar-refractivity contribution is 0.472. The minimum absolute atomic E-state index is 0.630. The zero-order valence-corrected chi connectivity index (χ0v) is 18.0. The van der Waals surface area contributed by atoms with Crippen LogP contribution in [-0.4, -0.2) is 39.5 Å². The standard InChI is InChI=1S/C22H28N6S/c1-23-22(27(2)16-21-26-18-10-6-7-11-19(18)29-21)25-14-20-24-12-13-28(20)15-17-8-4-3-5-9-17/h3-5,8-9,12-13H,6-7,10-11,14-16H2,1-2H3,(H,23,25). The van der Waals surface area contributed by atoms with E-state index in [1.54, 1.807) is 0 Å². The fourth-order valence-corrected chi connectivity index (χ4v) is 4.94. The van der Waals surface area contributed by atoms with Gasteiger partial charge in [0, 0.05) is 37.9 Å². The van der Waals surface area contributed by atoms with Gasteiger partial charge in [-0.1, -0.05) is 30.3 Å². The number of nitrogens with zero attached hydrogens (tertiary/aromatic N) is 5. The molecule has 0 aliphatic heterocycles. The van der Waals surface area contributed by atoms with Crippen LogP contribution in [0.5, 0.6) is 0 Å². The van der Waals surface area contributed by atoms with E-state index in [1.165, 1.54) is 40.4 Å². The molecule has 2 heterocycles. The molecule has 2 aromatic heterocycles. The van der Waals surface area contributed by atoms with Gasteiger partial charge in [-0.05, 0) is 31.2 Å². The zero-order chi connectivity index (χ0) is 20.1. The van der Waals surface area contributed by atoms with Crippen LogP contribution in [0.3, 0.4) is 0 Å². The molecule has 0 fully saturated rings. The van der Waals surface area contributed by atoms with Crippen molar-refractivity contribution in [3.05, 3.63) is 69.7 Å². The molecule has 1 aromatic carbocycles. The first-order valence-electron chi connectivity index (χ1n) is 10.2. The third-order valence-electron chi connectivity index (χ3n) is 5.24. The van der Waals surface area contributed by atoms with Crippen LogP contribution < -0.4 is 5.32 Å². The lowest BCUT2D eigenvalue weighted by atomic mass is 10.0. The molecule has 0 radical (unpaired) electrons. The van der Waals surface area contributed by atoms with Crippen molar-refractivity contribution < 1.29 is 0 Å². The van der Waals surface area contributed by atoms with E-state index in [1.807, 2.05) is 36.8 Å². The second kappa shape index (κ2) is 9.22. The number of aliphatic imine (C=N–C) groups is 1. The van der Waals surface area contributed by atoms with Crippen LogP contribution >= 0.6 is 11.3 Å². The van der Waals surface area contributed by atoms with Gasteiger partial charge >= 0.3 is 0 Å². The first kappa shape index (κ1) is 19.6. The van der Waals surface area contributed by atoms with Gasteiger partial charge in [-0.2, -0.15) is 0 Å². The van der Waals surface area contributed by atoms with Crippen LogP contribution in [0.25, 0.3) is 0 Å². The average Bonchev–Trinajstić information content (AvgIpc) is 3.35. The summed E-state index contributed by atoms with van der Waals surface area (Å²) in [5, 5.41) is 4.62. The van der Waals surface area contributed by atoms with Gasteiger partial charge in [0.05, 0.1) is 18.8 Å². The Morgan fingerprint density at radius 3 is 2.86 bits per heavy atom. The van der Waals surface area contributed by atoms with Crippen molar-refractivity contribution in [2.24, 2.45) is 4.99 Å². The summed E-state index contributed by atoms with van der Waals surface area (Å²) in [6.07, 6.45) is 8.76. The molecule has 0 unspecified atom stereocenters. The van der Waals surface area contributed by atoms with E-state index in [-0.39, 0.29) is 0 Å². The van der Waals surface area contributed by atoms with E-state index in [9.17, 15) is 0 Å². The molecule has 0 saturated heterocycles. The highest BCUT2D eigenvalue weighted by atomic mass is 32.1. The molecule has 1 N–H and O–H groups in total. The first-order chi connectivity index (χ1) is 14.2. The van der Waals surface area contributed by atoms with Crippen LogP contribution in [-0.2, 0) is 32.5 Å². The number of imidazole rings is 1. The van der Waals surface area contributed by atoms with Gasteiger partial charge in [-0.15, -0.1) is 11.3 Å².